The molecule has 1 amide bonds. The average molecular weight is 450 g/mol. The van der Waals surface area contributed by atoms with Crippen LogP contribution in [0, 0.1) is 5.92 Å². The minimum atomic E-state index is -1.97. The third-order valence-electron chi connectivity index (χ3n) is 5.52. The first-order chi connectivity index (χ1) is 14.3. The van der Waals surface area contributed by atoms with Gasteiger partial charge in [-0.15, -0.1) is 0 Å². The van der Waals surface area contributed by atoms with Crippen LogP contribution in [0.25, 0.3) is 0 Å². The molecule has 1 saturated carbocycles. The zero-order chi connectivity index (χ0) is 21.4. The number of amides is 1. The molecule has 1 heterocycles. The minimum absolute atomic E-state index is 0.351. The van der Waals surface area contributed by atoms with Gasteiger partial charge < -0.3 is 19.8 Å². The molecule has 0 spiro atoms. The largest absolute Gasteiger partial charge is 0.479 e. The number of carbonyl (C=O) groups excluding carboxylic acids is 1. The van der Waals surface area contributed by atoms with Crippen LogP contribution in [-0.2, 0) is 14.3 Å². The highest BCUT2D eigenvalue weighted by molar-refractivity contribution is 6.30. The number of halogens is 2. The molecule has 4 atom stereocenters. The van der Waals surface area contributed by atoms with Crippen LogP contribution in [0.3, 0.4) is 0 Å². The van der Waals surface area contributed by atoms with E-state index in [1.165, 1.54) is 0 Å². The molecule has 0 aromatic heterocycles. The second-order valence-electron chi connectivity index (χ2n) is 7.75. The van der Waals surface area contributed by atoms with Crippen LogP contribution in [0.5, 0.6) is 0 Å². The molecular weight excluding hydrogens is 429 g/mol. The molecule has 8 heteroatoms. The van der Waals surface area contributed by atoms with Crippen molar-refractivity contribution in [1.82, 2.24) is 4.90 Å². The smallest absolute Gasteiger partial charge is 0.335 e. The number of benzene rings is 2. The molecule has 30 heavy (non-hydrogen) atoms. The second kappa shape index (κ2) is 8.55. The maximum Gasteiger partial charge on any atom is 0.335 e. The third kappa shape index (κ3) is 4.32. The molecule has 1 aliphatic heterocycles. The number of aliphatic carboxylic acids is 1. The van der Waals surface area contributed by atoms with Gasteiger partial charge in [-0.2, -0.15) is 0 Å². The number of aliphatic hydroxyl groups is 1. The van der Waals surface area contributed by atoms with Crippen molar-refractivity contribution in [2.75, 3.05) is 6.54 Å². The maximum absolute atomic E-state index is 13.3. The quantitative estimate of drug-likeness (QED) is 0.698. The highest BCUT2D eigenvalue weighted by Gasteiger charge is 2.49. The van der Waals surface area contributed by atoms with E-state index in [0.29, 0.717) is 28.1 Å². The van der Waals surface area contributed by atoms with Crippen LogP contribution < -0.4 is 0 Å². The lowest BCUT2D eigenvalue weighted by Gasteiger charge is -2.45. The Kier molecular flexibility index (Phi) is 6.02. The minimum Gasteiger partial charge on any atom is -0.479 e. The fourth-order valence-electron chi connectivity index (χ4n) is 3.83. The number of rotatable bonds is 6. The van der Waals surface area contributed by atoms with Gasteiger partial charge in [-0.25, -0.2) is 4.79 Å². The Labute approximate surface area is 184 Å². The molecule has 158 valence electrons. The van der Waals surface area contributed by atoms with Crippen LogP contribution in [0.15, 0.2) is 48.5 Å². The predicted octanol–water partition coefficient (Wildman–Crippen LogP) is 3.86. The standard InChI is InChI=1S/C22H21Cl2NO5/c23-15-8-6-13(7-9-15)17-19(14-2-1-3-16(24)10-14)30-20(18(26)22(28)29)21(27)25(17)11-12-4-5-12/h1-3,6-10,12,17-20,26H,4-5,11H2,(H,28,29)/t17-,18-,19+,20+/m1/s1. The zero-order valence-electron chi connectivity index (χ0n) is 15.9. The van der Waals surface area contributed by atoms with Crippen molar-refractivity contribution in [1.29, 1.82) is 0 Å². The maximum atomic E-state index is 13.3. The molecule has 0 bridgehead atoms. The van der Waals surface area contributed by atoms with E-state index >= 15 is 0 Å². The Bertz CT molecular complexity index is 947. The van der Waals surface area contributed by atoms with Gasteiger partial charge in [0.25, 0.3) is 5.91 Å². The number of ether oxygens (including phenoxy) is 1. The molecule has 2 aromatic rings. The topological polar surface area (TPSA) is 87.1 Å². The van der Waals surface area contributed by atoms with Crippen LogP contribution >= 0.6 is 23.2 Å². The predicted molar refractivity (Wildman–Crippen MR) is 111 cm³/mol. The second-order valence-corrected chi connectivity index (χ2v) is 8.62. The molecule has 2 N–H and O–H groups in total. The number of carboxylic acids is 1. The fraction of sp³-hybridized carbons (Fsp3) is 0.364. The summed E-state index contributed by atoms with van der Waals surface area (Å²) in [4.78, 5) is 26.3. The molecule has 2 aromatic carbocycles. The van der Waals surface area contributed by atoms with Crippen molar-refractivity contribution in [3.63, 3.8) is 0 Å². The van der Waals surface area contributed by atoms with Gasteiger partial charge in [0.15, 0.2) is 12.2 Å². The first kappa shape index (κ1) is 21.1. The van der Waals surface area contributed by atoms with Gasteiger partial charge in [0, 0.05) is 16.6 Å². The van der Waals surface area contributed by atoms with E-state index in [9.17, 15) is 19.8 Å². The van der Waals surface area contributed by atoms with Gasteiger partial charge in [-0.05, 0) is 54.2 Å². The van der Waals surface area contributed by atoms with E-state index in [0.717, 1.165) is 18.4 Å². The van der Waals surface area contributed by atoms with E-state index in [2.05, 4.69) is 0 Å². The van der Waals surface area contributed by atoms with Gasteiger partial charge in [0.2, 0.25) is 0 Å². The summed E-state index contributed by atoms with van der Waals surface area (Å²) in [6.45, 7) is 0.468. The Balaban J connectivity index is 1.81. The number of nitrogens with zero attached hydrogens (tertiary/aromatic N) is 1. The van der Waals surface area contributed by atoms with E-state index in [-0.39, 0.29) is 0 Å². The first-order valence-corrected chi connectivity index (χ1v) is 10.5. The lowest BCUT2D eigenvalue weighted by atomic mass is 9.90. The molecule has 2 aliphatic rings. The average Bonchev–Trinajstić information content (AvgIpc) is 3.54. The van der Waals surface area contributed by atoms with Crippen molar-refractivity contribution in [3.05, 3.63) is 69.7 Å². The summed E-state index contributed by atoms with van der Waals surface area (Å²) in [5.41, 5.74) is 1.50. The summed E-state index contributed by atoms with van der Waals surface area (Å²) in [5, 5.41) is 20.6. The highest BCUT2D eigenvalue weighted by Crippen LogP contribution is 2.45. The lowest BCUT2D eigenvalue weighted by molar-refractivity contribution is -0.194. The van der Waals surface area contributed by atoms with Crippen molar-refractivity contribution in [3.8, 4) is 0 Å². The molecule has 1 saturated heterocycles. The van der Waals surface area contributed by atoms with Gasteiger partial charge in [0.05, 0.1) is 6.04 Å². The van der Waals surface area contributed by atoms with Gasteiger partial charge in [-0.3, -0.25) is 4.79 Å². The summed E-state index contributed by atoms with van der Waals surface area (Å²) in [5.74, 6) is -1.69. The summed E-state index contributed by atoms with van der Waals surface area (Å²) in [6.07, 6.45) is -2.17. The van der Waals surface area contributed by atoms with Crippen molar-refractivity contribution in [2.45, 2.75) is 37.2 Å². The van der Waals surface area contributed by atoms with E-state index in [4.69, 9.17) is 27.9 Å². The SMILES string of the molecule is O=C(O)[C@H](O)[C@@H]1O[C@@H](c2cccc(Cl)c2)[C@@H](c2ccc(Cl)cc2)N(CC2CC2)C1=O. The summed E-state index contributed by atoms with van der Waals surface area (Å²) in [6, 6.07) is 13.7. The van der Waals surface area contributed by atoms with E-state index < -0.39 is 36.2 Å². The van der Waals surface area contributed by atoms with Crippen LogP contribution in [-0.4, -0.2) is 45.7 Å². The Hall–Kier alpha value is -2.12. The van der Waals surface area contributed by atoms with Crippen molar-refractivity contribution in [2.24, 2.45) is 5.92 Å². The summed E-state index contributed by atoms with van der Waals surface area (Å²) >= 11 is 12.2. The molecule has 4 rings (SSSR count). The highest BCUT2D eigenvalue weighted by atomic mass is 35.5. The third-order valence-corrected chi connectivity index (χ3v) is 6.01. The molecule has 2 fully saturated rings. The molecular formula is C22H21Cl2NO5. The molecule has 1 aliphatic carbocycles. The lowest BCUT2D eigenvalue weighted by Crippen LogP contribution is -2.56. The number of morpholine rings is 1. The number of carbonyl (C=O) groups is 2. The van der Waals surface area contributed by atoms with Crippen LogP contribution in [0.1, 0.15) is 36.1 Å². The fourth-order valence-corrected chi connectivity index (χ4v) is 4.16. The normalized spacial score (nSPS) is 25.2. The van der Waals surface area contributed by atoms with Crippen molar-refractivity contribution < 1.29 is 24.5 Å². The Morgan fingerprint density at radius 1 is 1.10 bits per heavy atom. The van der Waals surface area contributed by atoms with Gasteiger partial charge in [-0.1, -0.05) is 47.5 Å². The van der Waals surface area contributed by atoms with Crippen LogP contribution in [0.4, 0.5) is 0 Å². The summed E-state index contributed by atoms with van der Waals surface area (Å²) < 4.78 is 5.98. The van der Waals surface area contributed by atoms with E-state index in [1.54, 1.807) is 35.2 Å². The molecule has 0 radical (unpaired) electrons. The number of hydrogen-bond donors (Lipinski definition) is 2. The Morgan fingerprint density at radius 2 is 1.80 bits per heavy atom. The number of hydrogen-bond acceptors (Lipinski definition) is 4. The van der Waals surface area contributed by atoms with Gasteiger partial charge >= 0.3 is 5.97 Å². The van der Waals surface area contributed by atoms with E-state index in [1.807, 2.05) is 18.2 Å². The van der Waals surface area contributed by atoms with Crippen LogP contribution in [0.2, 0.25) is 10.0 Å². The number of aliphatic hydroxyl groups excluding tert-OH is 1. The Morgan fingerprint density at radius 3 is 2.40 bits per heavy atom. The molecule has 6 nitrogen and oxygen atoms in total. The zero-order valence-corrected chi connectivity index (χ0v) is 17.5. The summed E-state index contributed by atoms with van der Waals surface area (Å²) in [7, 11) is 0. The van der Waals surface area contributed by atoms with Gasteiger partial charge in [0.1, 0.15) is 6.10 Å². The van der Waals surface area contributed by atoms with Crippen molar-refractivity contribution >= 4 is 35.1 Å². The number of carboxylic acid groups (broad SMARTS) is 1. The first-order valence-electron chi connectivity index (χ1n) is 9.73. The molecule has 0 unspecified atom stereocenters. The monoisotopic (exact) mass is 449 g/mol.